The van der Waals surface area contributed by atoms with Crippen molar-refractivity contribution in [2.45, 2.75) is 31.7 Å². The quantitative estimate of drug-likeness (QED) is 0.753. The fourth-order valence-corrected chi connectivity index (χ4v) is 3.62. The molecule has 0 atom stereocenters. The average Bonchev–Trinajstić information content (AvgIpc) is 3.32. The molecule has 0 aromatic carbocycles. The van der Waals surface area contributed by atoms with Crippen LogP contribution >= 0.6 is 0 Å². The van der Waals surface area contributed by atoms with Crippen molar-refractivity contribution >= 4 is 22.8 Å². The number of amides is 1. The summed E-state index contributed by atoms with van der Waals surface area (Å²) in [7, 11) is 3.51. The van der Waals surface area contributed by atoms with Crippen LogP contribution in [0.3, 0.4) is 0 Å². The van der Waals surface area contributed by atoms with E-state index < -0.39 is 0 Å². The van der Waals surface area contributed by atoms with Gasteiger partial charge >= 0.3 is 0 Å². The molecule has 2 N–H and O–H groups in total. The molecule has 0 radical (unpaired) electrons. The van der Waals surface area contributed by atoms with Gasteiger partial charge in [-0.1, -0.05) is 12.8 Å². The monoisotopic (exact) mass is 349 g/mol. The second kappa shape index (κ2) is 6.78. The number of carbonyl (C=O) groups excluding carboxylic acids is 1. The molecule has 0 unspecified atom stereocenters. The summed E-state index contributed by atoms with van der Waals surface area (Å²) in [5.41, 5.74) is 3.00. The van der Waals surface area contributed by atoms with Crippen LogP contribution in [0.5, 0.6) is 0 Å². The molecule has 26 heavy (non-hydrogen) atoms. The Morgan fingerprint density at radius 2 is 2.08 bits per heavy atom. The molecule has 0 saturated heterocycles. The third-order valence-corrected chi connectivity index (χ3v) is 4.94. The zero-order chi connectivity index (χ0) is 18.1. The molecule has 6 nitrogen and oxygen atoms in total. The van der Waals surface area contributed by atoms with Gasteiger partial charge in [-0.15, -0.1) is 0 Å². The third kappa shape index (κ3) is 3.03. The average molecular weight is 349 g/mol. The number of hydrogen-bond donors (Lipinski definition) is 2. The molecule has 0 aliphatic heterocycles. The molecule has 3 heterocycles. The highest BCUT2D eigenvalue weighted by Gasteiger charge is 2.20. The van der Waals surface area contributed by atoms with Gasteiger partial charge < -0.3 is 15.2 Å². The molecule has 1 amide bonds. The lowest BCUT2D eigenvalue weighted by Crippen LogP contribution is -2.22. The van der Waals surface area contributed by atoms with Crippen LogP contribution in [-0.4, -0.2) is 45.9 Å². The van der Waals surface area contributed by atoms with Gasteiger partial charge in [0.1, 0.15) is 11.5 Å². The Morgan fingerprint density at radius 3 is 2.85 bits per heavy atom. The number of pyridine rings is 2. The Kier molecular flexibility index (Phi) is 4.32. The van der Waals surface area contributed by atoms with E-state index in [0.29, 0.717) is 17.3 Å². The molecule has 3 aromatic heterocycles. The smallest absolute Gasteiger partial charge is 0.255 e. The molecule has 1 saturated carbocycles. The summed E-state index contributed by atoms with van der Waals surface area (Å²) in [4.78, 5) is 26.6. The molecular weight excluding hydrogens is 326 g/mol. The van der Waals surface area contributed by atoms with Gasteiger partial charge in [-0.25, -0.2) is 4.98 Å². The van der Waals surface area contributed by atoms with E-state index in [1.165, 1.54) is 25.7 Å². The van der Waals surface area contributed by atoms with Crippen molar-refractivity contribution in [3.05, 3.63) is 42.2 Å². The molecule has 0 spiro atoms. The zero-order valence-corrected chi connectivity index (χ0v) is 15.1. The minimum atomic E-state index is -0.0566. The molecule has 134 valence electrons. The van der Waals surface area contributed by atoms with Crippen LogP contribution in [-0.2, 0) is 0 Å². The maximum Gasteiger partial charge on any atom is 0.255 e. The van der Waals surface area contributed by atoms with E-state index in [4.69, 9.17) is 4.98 Å². The number of fused-ring (bicyclic) bond motifs is 1. The number of rotatable bonds is 4. The first kappa shape index (κ1) is 16.6. The Balaban J connectivity index is 1.83. The summed E-state index contributed by atoms with van der Waals surface area (Å²) >= 11 is 0. The minimum Gasteiger partial charge on any atom is -0.367 e. The van der Waals surface area contributed by atoms with Crippen molar-refractivity contribution in [2.24, 2.45) is 0 Å². The third-order valence-electron chi connectivity index (χ3n) is 4.94. The second-order valence-electron chi connectivity index (χ2n) is 7.02. The lowest BCUT2D eigenvalue weighted by molar-refractivity contribution is 0.0828. The van der Waals surface area contributed by atoms with Gasteiger partial charge in [0.15, 0.2) is 0 Å². The van der Waals surface area contributed by atoms with E-state index in [1.54, 1.807) is 31.3 Å². The molecule has 3 aromatic rings. The summed E-state index contributed by atoms with van der Waals surface area (Å²) in [5.74, 6) is 0.773. The van der Waals surface area contributed by atoms with E-state index in [1.807, 2.05) is 24.4 Å². The molecule has 1 aliphatic rings. The van der Waals surface area contributed by atoms with Gasteiger partial charge in [-0.3, -0.25) is 9.78 Å². The number of nitrogens with zero attached hydrogens (tertiary/aromatic N) is 3. The minimum absolute atomic E-state index is 0.0566. The maximum atomic E-state index is 12.6. The Labute approximate surface area is 152 Å². The fourth-order valence-electron chi connectivity index (χ4n) is 3.62. The van der Waals surface area contributed by atoms with Crippen LogP contribution in [0.1, 0.15) is 36.0 Å². The van der Waals surface area contributed by atoms with E-state index in [-0.39, 0.29) is 5.91 Å². The molecule has 6 heteroatoms. The number of carbonyl (C=O) groups is 1. The number of nitrogens with one attached hydrogen (secondary N) is 2. The summed E-state index contributed by atoms with van der Waals surface area (Å²) < 4.78 is 0. The SMILES string of the molecule is CN(C)C(=O)c1cccnc1-c1cc(NC2CCCC2)nc2[nH]ccc12. The Hall–Kier alpha value is -2.89. The van der Waals surface area contributed by atoms with Crippen molar-refractivity contribution in [3.63, 3.8) is 0 Å². The van der Waals surface area contributed by atoms with Crippen LogP contribution in [0, 0.1) is 0 Å². The van der Waals surface area contributed by atoms with Gasteiger partial charge in [-0.2, -0.15) is 0 Å². The Bertz CT molecular complexity index is 940. The number of aromatic nitrogens is 3. The van der Waals surface area contributed by atoms with Crippen LogP contribution in [0.2, 0.25) is 0 Å². The zero-order valence-electron chi connectivity index (χ0n) is 15.1. The largest absolute Gasteiger partial charge is 0.367 e. The van der Waals surface area contributed by atoms with Gasteiger partial charge in [-0.05, 0) is 37.1 Å². The van der Waals surface area contributed by atoms with Crippen molar-refractivity contribution in [1.29, 1.82) is 0 Å². The number of H-pyrrole nitrogens is 1. The topological polar surface area (TPSA) is 73.9 Å². The van der Waals surface area contributed by atoms with E-state index in [0.717, 1.165) is 22.4 Å². The predicted octanol–water partition coefficient (Wildman–Crippen LogP) is 3.68. The van der Waals surface area contributed by atoms with Crippen LogP contribution in [0.15, 0.2) is 36.7 Å². The summed E-state index contributed by atoms with van der Waals surface area (Å²) in [6.45, 7) is 0. The first-order chi connectivity index (χ1) is 12.6. The number of aromatic amines is 1. The molecular formula is C20H23N5O. The predicted molar refractivity (Wildman–Crippen MR) is 103 cm³/mol. The van der Waals surface area contributed by atoms with Gasteiger partial charge in [0.05, 0.1) is 11.3 Å². The summed E-state index contributed by atoms with van der Waals surface area (Å²) in [6.07, 6.45) is 8.47. The van der Waals surface area contributed by atoms with Crippen molar-refractivity contribution in [2.75, 3.05) is 19.4 Å². The van der Waals surface area contributed by atoms with Gasteiger partial charge in [0.25, 0.3) is 5.91 Å². The van der Waals surface area contributed by atoms with Crippen molar-refractivity contribution in [3.8, 4) is 11.3 Å². The second-order valence-corrected chi connectivity index (χ2v) is 7.02. The van der Waals surface area contributed by atoms with E-state index in [2.05, 4.69) is 15.3 Å². The lowest BCUT2D eigenvalue weighted by Gasteiger charge is -2.16. The van der Waals surface area contributed by atoms with Crippen molar-refractivity contribution in [1.82, 2.24) is 19.9 Å². The standard InChI is InChI=1S/C20H23N5O/c1-25(2)20(26)15-8-5-10-21-18(15)16-12-17(23-13-6-3-4-7-13)24-19-14(16)9-11-22-19/h5,8-13H,3-4,6-7H2,1-2H3,(H2,22,23,24). The van der Waals surface area contributed by atoms with Crippen LogP contribution < -0.4 is 5.32 Å². The van der Waals surface area contributed by atoms with E-state index in [9.17, 15) is 4.79 Å². The first-order valence-corrected chi connectivity index (χ1v) is 9.05. The van der Waals surface area contributed by atoms with Gasteiger partial charge in [0, 0.05) is 43.5 Å². The van der Waals surface area contributed by atoms with Crippen LogP contribution in [0.4, 0.5) is 5.82 Å². The van der Waals surface area contributed by atoms with E-state index >= 15 is 0 Å². The van der Waals surface area contributed by atoms with Crippen molar-refractivity contribution < 1.29 is 4.79 Å². The first-order valence-electron chi connectivity index (χ1n) is 9.05. The molecule has 1 aliphatic carbocycles. The summed E-state index contributed by atoms with van der Waals surface area (Å²) in [5, 5.41) is 4.52. The Morgan fingerprint density at radius 1 is 1.27 bits per heavy atom. The number of hydrogen-bond acceptors (Lipinski definition) is 4. The number of anilines is 1. The van der Waals surface area contributed by atoms with Crippen LogP contribution in [0.25, 0.3) is 22.3 Å². The highest BCUT2D eigenvalue weighted by molar-refractivity contribution is 6.04. The highest BCUT2D eigenvalue weighted by atomic mass is 16.2. The fraction of sp³-hybridized carbons (Fsp3) is 0.350. The summed E-state index contributed by atoms with van der Waals surface area (Å²) in [6, 6.07) is 8.09. The highest BCUT2D eigenvalue weighted by Crippen LogP contribution is 2.32. The molecule has 1 fully saturated rings. The normalized spacial score (nSPS) is 14.7. The molecule has 4 rings (SSSR count). The lowest BCUT2D eigenvalue weighted by atomic mass is 10.0. The molecule has 0 bridgehead atoms. The maximum absolute atomic E-state index is 12.6. The van der Waals surface area contributed by atoms with Gasteiger partial charge in [0.2, 0.25) is 0 Å².